The van der Waals surface area contributed by atoms with E-state index in [1.807, 2.05) is 78.9 Å². The predicted molar refractivity (Wildman–Crippen MR) is 129 cm³/mol. The fraction of sp³-hybridized carbons (Fsp3) is 0.160. The van der Waals surface area contributed by atoms with E-state index in [9.17, 15) is 9.59 Å². The maximum Gasteiger partial charge on any atom is 0.285 e. The van der Waals surface area contributed by atoms with Gasteiger partial charge in [0.25, 0.3) is 5.24 Å². The van der Waals surface area contributed by atoms with Crippen molar-refractivity contribution in [3.8, 4) is 5.69 Å². The van der Waals surface area contributed by atoms with Gasteiger partial charge in [-0.1, -0.05) is 30.3 Å². The highest BCUT2D eigenvalue weighted by Crippen LogP contribution is 2.24. The molecule has 0 aliphatic rings. The van der Waals surface area contributed by atoms with Gasteiger partial charge in [-0.25, -0.2) is 4.98 Å². The lowest BCUT2D eigenvalue weighted by molar-refractivity contribution is -0.116. The first-order chi connectivity index (χ1) is 15.5. The van der Waals surface area contributed by atoms with Crippen molar-refractivity contribution >= 4 is 39.6 Å². The van der Waals surface area contributed by atoms with E-state index in [2.05, 4.69) is 9.88 Å². The Kier molecular flexibility index (Phi) is 6.56. The molecule has 0 spiro atoms. The second-order valence-corrected chi connectivity index (χ2v) is 8.55. The van der Waals surface area contributed by atoms with E-state index < -0.39 is 0 Å². The molecular formula is C25H24N4O2S. The van der Waals surface area contributed by atoms with Gasteiger partial charge in [-0.15, -0.1) is 0 Å². The fourth-order valence-electron chi connectivity index (χ4n) is 3.36. The van der Waals surface area contributed by atoms with Crippen molar-refractivity contribution < 1.29 is 9.59 Å². The third-order valence-corrected chi connectivity index (χ3v) is 5.98. The molecule has 0 bridgehead atoms. The Bertz CT molecular complexity index is 1230. The molecule has 4 rings (SSSR count). The van der Waals surface area contributed by atoms with Crippen molar-refractivity contribution in [2.24, 2.45) is 0 Å². The van der Waals surface area contributed by atoms with Crippen LogP contribution in [0.5, 0.6) is 0 Å². The molecule has 2 amide bonds. The second kappa shape index (κ2) is 9.70. The first-order valence-electron chi connectivity index (χ1n) is 10.3. The standard InChI is InChI=1S/C25H24N4O2S/c1-28(2)25(31)32-20-14-12-18(13-15-20)26-24(30)17-16-23-27-21-10-6-7-11-22(21)29(23)19-8-4-3-5-9-19/h3-15H,16-17H2,1-2H3,(H,26,30). The summed E-state index contributed by atoms with van der Waals surface area (Å²) in [6.07, 6.45) is 0.826. The number of aromatic nitrogens is 2. The molecule has 1 heterocycles. The Labute approximate surface area is 191 Å². The number of nitrogens with zero attached hydrogens (tertiary/aromatic N) is 3. The monoisotopic (exact) mass is 444 g/mol. The van der Waals surface area contributed by atoms with Gasteiger partial charge in [-0.05, 0) is 60.3 Å². The minimum Gasteiger partial charge on any atom is -0.339 e. The number of hydrogen-bond donors (Lipinski definition) is 1. The Balaban J connectivity index is 1.44. The third kappa shape index (κ3) is 5.00. The van der Waals surface area contributed by atoms with Gasteiger partial charge >= 0.3 is 0 Å². The number of para-hydroxylation sites is 3. The Morgan fingerprint density at radius 3 is 2.34 bits per heavy atom. The predicted octanol–water partition coefficient (Wildman–Crippen LogP) is 5.37. The summed E-state index contributed by atoms with van der Waals surface area (Å²) in [6.45, 7) is 0. The van der Waals surface area contributed by atoms with Crippen LogP contribution in [0.25, 0.3) is 16.7 Å². The Morgan fingerprint density at radius 1 is 0.938 bits per heavy atom. The van der Waals surface area contributed by atoms with Gasteiger partial charge in [0.15, 0.2) is 0 Å². The number of carbonyl (C=O) groups excluding carboxylic acids is 2. The van der Waals surface area contributed by atoms with Crippen LogP contribution in [-0.4, -0.2) is 39.7 Å². The van der Waals surface area contributed by atoms with Gasteiger partial charge in [0, 0.05) is 43.2 Å². The maximum atomic E-state index is 12.6. The van der Waals surface area contributed by atoms with Crippen LogP contribution in [-0.2, 0) is 11.2 Å². The number of rotatable bonds is 6. The maximum absolute atomic E-state index is 12.6. The lowest BCUT2D eigenvalue weighted by Gasteiger charge is -2.11. The van der Waals surface area contributed by atoms with Crippen LogP contribution in [0.1, 0.15) is 12.2 Å². The molecule has 6 nitrogen and oxygen atoms in total. The molecular weight excluding hydrogens is 420 g/mol. The molecule has 3 aromatic carbocycles. The molecule has 162 valence electrons. The summed E-state index contributed by atoms with van der Waals surface area (Å²) >= 11 is 1.15. The van der Waals surface area contributed by atoms with Crippen LogP contribution < -0.4 is 5.32 Å². The number of nitrogens with one attached hydrogen (secondary N) is 1. The number of imidazole rings is 1. The van der Waals surface area contributed by atoms with Crippen molar-refractivity contribution in [3.05, 3.63) is 84.7 Å². The number of fused-ring (bicyclic) bond motifs is 1. The van der Waals surface area contributed by atoms with E-state index in [1.165, 1.54) is 4.90 Å². The number of anilines is 1. The van der Waals surface area contributed by atoms with Crippen molar-refractivity contribution in [3.63, 3.8) is 0 Å². The minimum atomic E-state index is -0.0820. The molecule has 0 aliphatic carbocycles. The normalized spacial score (nSPS) is 10.8. The van der Waals surface area contributed by atoms with E-state index in [0.717, 1.165) is 39.2 Å². The summed E-state index contributed by atoms with van der Waals surface area (Å²) in [5.41, 5.74) is 3.66. The van der Waals surface area contributed by atoms with Crippen molar-refractivity contribution in [2.75, 3.05) is 19.4 Å². The SMILES string of the molecule is CN(C)C(=O)Sc1ccc(NC(=O)CCc2nc3ccccc3n2-c2ccccc2)cc1. The number of aryl methyl sites for hydroxylation is 1. The summed E-state index contributed by atoms with van der Waals surface area (Å²) in [5, 5.41) is 2.89. The van der Waals surface area contributed by atoms with Gasteiger partial charge < -0.3 is 10.2 Å². The highest BCUT2D eigenvalue weighted by atomic mass is 32.2. The zero-order valence-corrected chi connectivity index (χ0v) is 18.8. The molecule has 0 radical (unpaired) electrons. The minimum absolute atomic E-state index is 0.0388. The summed E-state index contributed by atoms with van der Waals surface area (Å²) in [5.74, 6) is 0.767. The molecule has 0 unspecified atom stereocenters. The molecule has 0 aliphatic heterocycles. The van der Waals surface area contributed by atoms with E-state index in [0.29, 0.717) is 18.5 Å². The van der Waals surface area contributed by atoms with Crippen LogP contribution in [0.15, 0.2) is 83.8 Å². The quantitative estimate of drug-likeness (QED) is 0.406. The molecule has 1 aromatic heterocycles. The van der Waals surface area contributed by atoms with Gasteiger partial charge in [0.05, 0.1) is 11.0 Å². The molecule has 0 fully saturated rings. The van der Waals surface area contributed by atoms with E-state index >= 15 is 0 Å². The van der Waals surface area contributed by atoms with Crippen LogP contribution >= 0.6 is 11.8 Å². The van der Waals surface area contributed by atoms with Gasteiger partial charge in [-0.3, -0.25) is 14.2 Å². The first-order valence-corrected chi connectivity index (χ1v) is 11.1. The molecule has 7 heteroatoms. The average molecular weight is 445 g/mol. The summed E-state index contributed by atoms with van der Waals surface area (Å²) in [4.78, 5) is 31.5. The summed E-state index contributed by atoms with van der Waals surface area (Å²) in [7, 11) is 3.44. The van der Waals surface area contributed by atoms with Crippen molar-refractivity contribution in [1.29, 1.82) is 0 Å². The molecule has 4 aromatic rings. The molecule has 0 atom stereocenters. The van der Waals surface area contributed by atoms with Gasteiger partial charge in [0.2, 0.25) is 5.91 Å². The summed E-state index contributed by atoms with van der Waals surface area (Å²) in [6, 6.07) is 25.3. The van der Waals surface area contributed by atoms with Crippen molar-refractivity contribution in [1.82, 2.24) is 14.5 Å². The largest absolute Gasteiger partial charge is 0.339 e. The van der Waals surface area contributed by atoms with Crippen LogP contribution in [0.2, 0.25) is 0 Å². The Hall–Kier alpha value is -3.58. The van der Waals surface area contributed by atoms with E-state index in [1.54, 1.807) is 14.1 Å². The lowest BCUT2D eigenvalue weighted by Crippen LogP contribution is -2.16. The first kappa shape index (κ1) is 21.6. The Morgan fingerprint density at radius 2 is 1.62 bits per heavy atom. The van der Waals surface area contributed by atoms with Gasteiger partial charge in [-0.2, -0.15) is 0 Å². The highest BCUT2D eigenvalue weighted by molar-refractivity contribution is 8.13. The van der Waals surface area contributed by atoms with Crippen LogP contribution in [0.4, 0.5) is 10.5 Å². The second-order valence-electron chi connectivity index (χ2n) is 7.52. The lowest BCUT2D eigenvalue weighted by atomic mass is 10.2. The smallest absolute Gasteiger partial charge is 0.285 e. The van der Waals surface area contributed by atoms with Crippen molar-refractivity contribution in [2.45, 2.75) is 17.7 Å². The van der Waals surface area contributed by atoms with E-state index in [-0.39, 0.29) is 11.1 Å². The zero-order chi connectivity index (χ0) is 22.5. The zero-order valence-electron chi connectivity index (χ0n) is 18.0. The van der Waals surface area contributed by atoms with E-state index in [4.69, 9.17) is 4.98 Å². The van der Waals surface area contributed by atoms with Crippen LogP contribution in [0, 0.1) is 0 Å². The van der Waals surface area contributed by atoms with Crippen LogP contribution in [0.3, 0.4) is 0 Å². The summed E-state index contributed by atoms with van der Waals surface area (Å²) < 4.78 is 2.11. The molecule has 0 saturated heterocycles. The number of benzene rings is 3. The topological polar surface area (TPSA) is 67.2 Å². The number of thioether (sulfide) groups is 1. The number of amides is 2. The fourth-order valence-corrected chi connectivity index (χ4v) is 4.01. The molecule has 1 N–H and O–H groups in total. The molecule has 32 heavy (non-hydrogen) atoms. The number of carbonyl (C=O) groups is 2. The molecule has 0 saturated carbocycles. The number of hydrogen-bond acceptors (Lipinski definition) is 4. The third-order valence-electron chi connectivity index (χ3n) is 4.93. The van der Waals surface area contributed by atoms with Gasteiger partial charge in [0.1, 0.15) is 5.82 Å². The average Bonchev–Trinajstić information content (AvgIpc) is 3.18. The highest BCUT2D eigenvalue weighted by Gasteiger charge is 2.14.